The molecule has 1 fully saturated rings. The van der Waals surface area contributed by atoms with Gasteiger partial charge in [-0.05, 0) is 44.4 Å². The third-order valence-electron chi connectivity index (χ3n) is 5.57. The summed E-state index contributed by atoms with van der Waals surface area (Å²) >= 11 is 0. The van der Waals surface area contributed by atoms with E-state index in [0.29, 0.717) is 32.3 Å². The smallest absolute Gasteiger partial charge is 0.308 e. The molecule has 146 valence electrons. The first kappa shape index (κ1) is 22.0. The van der Waals surface area contributed by atoms with Gasteiger partial charge in [0.15, 0.2) is 0 Å². The Morgan fingerprint density at radius 1 is 0.880 bits per heavy atom. The van der Waals surface area contributed by atoms with Crippen LogP contribution in [-0.2, 0) is 14.3 Å². The topological polar surface area (TPSA) is 63.6 Å². The molecule has 0 aliphatic heterocycles. The summed E-state index contributed by atoms with van der Waals surface area (Å²) in [5.41, 5.74) is 0. The molecular weight excluding hydrogens is 316 g/mol. The number of unbranched alkanes of at least 4 members (excludes halogenated alkanes) is 3. The van der Waals surface area contributed by atoms with E-state index in [-0.39, 0.29) is 17.8 Å². The molecular formula is C21H38O4. The molecule has 1 saturated carbocycles. The zero-order chi connectivity index (χ0) is 18.5. The molecule has 1 aliphatic rings. The number of aliphatic carboxylic acids is 1. The van der Waals surface area contributed by atoms with Crippen LogP contribution in [0.5, 0.6) is 0 Å². The molecule has 0 aromatic rings. The normalized spacial score (nSPS) is 21.7. The lowest BCUT2D eigenvalue weighted by atomic mass is 9.82. The molecule has 0 radical (unpaired) electrons. The number of esters is 1. The number of carboxylic acid groups (broad SMARTS) is 1. The van der Waals surface area contributed by atoms with Crippen LogP contribution in [0.4, 0.5) is 0 Å². The van der Waals surface area contributed by atoms with E-state index in [1.165, 1.54) is 44.9 Å². The SMILES string of the molecule is CCCCCC(CCC)CCCCOC(=O)C1CCC(C(=O)O)CC1. The summed E-state index contributed by atoms with van der Waals surface area (Å²) in [6.07, 6.45) is 13.7. The van der Waals surface area contributed by atoms with Crippen LogP contribution in [0.25, 0.3) is 0 Å². The number of rotatable bonds is 13. The minimum Gasteiger partial charge on any atom is -0.481 e. The highest BCUT2D eigenvalue weighted by Crippen LogP contribution is 2.29. The molecule has 0 aromatic heterocycles. The van der Waals surface area contributed by atoms with E-state index in [1.807, 2.05) is 0 Å². The van der Waals surface area contributed by atoms with E-state index >= 15 is 0 Å². The minimum absolute atomic E-state index is 0.0857. The van der Waals surface area contributed by atoms with E-state index in [1.54, 1.807) is 0 Å². The van der Waals surface area contributed by atoms with Crippen molar-refractivity contribution in [2.24, 2.45) is 17.8 Å². The second kappa shape index (κ2) is 13.2. The molecule has 0 amide bonds. The fourth-order valence-corrected chi connectivity index (χ4v) is 3.93. The van der Waals surface area contributed by atoms with Gasteiger partial charge in [0.1, 0.15) is 0 Å². The van der Waals surface area contributed by atoms with Crippen LogP contribution < -0.4 is 0 Å². The maximum atomic E-state index is 12.1. The fraction of sp³-hybridized carbons (Fsp3) is 0.905. The zero-order valence-electron chi connectivity index (χ0n) is 16.3. The number of carboxylic acids is 1. The van der Waals surface area contributed by atoms with Crippen molar-refractivity contribution in [2.45, 2.75) is 97.3 Å². The Morgan fingerprint density at radius 3 is 2.04 bits per heavy atom. The van der Waals surface area contributed by atoms with Gasteiger partial charge in [0.05, 0.1) is 18.4 Å². The number of carbonyl (C=O) groups excluding carboxylic acids is 1. The molecule has 25 heavy (non-hydrogen) atoms. The maximum absolute atomic E-state index is 12.1. The summed E-state index contributed by atoms with van der Waals surface area (Å²) in [6.45, 7) is 5.02. The quantitative estimate of drug-likeness (QED) is 0.346. The Bertz CT molecular complexity index is 372. The largest absolute Gasteiger partial charge is 0.481 e. The van der Waals surface area contributed by atoms with E-state index in [0.717, 1.165) is 18.8 Å². The van der Waals surface area contributed by atoms with Crippen LogP contribution >= 0.6 is 0 Å². The van der Waals surface area contributed by atoms with Gasteiger partial charge in [-0.3, -0.25) is 9.59 Å². The molecule has 1 N–H and O–H groups in total. The minimum atomic E-state index is -0.729. The van der Waals surface area contributed by atoms with Gasteiger partial charge in [-0.15, -0.1) is 0 Å². The second-order valence-corrected chi connectivity index (χ2v) is 7.70. The highest BCUT2D eigenvalue weighted by molar-refractivity contribution is 5.74. The van der Waals surface area contributed by atoms with Gasteiger partial charge in [-0.25, -0.2) is 0 Å². The third-order valence-corrected chi connectivity index (χ3v) is 5.57. The van der Waals surface area contributed by atoms with Crippen LogP contribution in [0.2, 0.25) is 0 Å². The zero-order valence-corrected chi connectivity index (χ0v) is 16.3. The van der Waals surface area contributed by atoms with Crippen molar-refractivity contribution in [1.82, 2.24) is 0 Å². The monoisotopic (exact) mass is 354 g/mol. The predicted octanol–water partition coefficient (Wildman–Crippen LogP) is 5.59. The van der Waals surface area contributed by atoms with Gasteiger partial charge in [-0.2, -0.15) is 0 Å². The lowest BCUT2D eigenvalue weighted by molar-refractivity contribution is -0.152. The van der Waals surface area contributed by atoms with Gasteiger partial charge < -0.3 is 9.84 Å². The summed E-state index contributed by atoms with van der Waals surface area (Å²) in [5.74, 6) is -0.368. The highest BCUT2D eigenvalue weighted by atomic mass is 16.5. The fourth-order valence-electron chi connectivity index (χ4n) is 3.93. The first-order chi connectivity index (χ1) is 12.1. The van der Waals surface area contributed by atoms with Gasteiger partial charge in [0, 0.05) is 0 Å². The Hall–Kier alpha value is -1.06. The first-order valence-corrected chi connectivity index (χ1v) is 10.5. The lowest BCUT2D eigenvalue weighted by Crippen LogP contribution is -2.27. The number of carbonyl (C=O) groups is 2. The molecule has 0 aromatic carbocycles. The van der Waals surface area contributed by atoms with Gasteiger partial charge in [-0.1, -0.05) is 58.8 Å². The highest BCUT2D eigenvalue weighted by Gasteiger charge is 2.30. The molecule has 4 nitrogen and oxygen atoms in total. The van der Waals surface area contributed by atoms with E-state index in [4.69, 9.17) is 9.84 Å². The standard InChI is InChI=1S/C21H38O4/c1-3-5-6-10-17(9-4-2)11-7-8-16-25-21(24)19-14-12-18(13-15-19)20(22)23/h17-19H,3-16H2,1-2H3,(H,22,23). The van der Waals surface area contributed by atoms with Gasteiger partial charge >= 0.3 is 11.9 Å². The van der Waals surface area contributed by atoms with Gasteiger partial charge in [0.25, 0.3) is 0 Å². The van der Waals surface area contributed by atoms with E-state index in [9.17, 15) is 9.59 Å². The van der Waals surface area contributed by atoms with Crippen molar-refractivity contribution in [3.63, 3.8) is 0 Å². The lowest BCUT2D eigenvalue weighted by Gasteiger charge is -2.24. The van der Waals surface area contributed by atoms with Crippen LogP contribution in [0.1, 0.15) is 97.3 Å². The molecule has 1 atom stereocenters. The molecule has 1 rings (SSSR count). The van der Waals surface area contributed by atoms with Crippen LogP contribution in [0, 0.1) is 17.8 Å². The first-order valence-electron chi connectivity index (χ1n) is 10.5. The summed E-state index contributed by atoms with van der Waals surface area (Å²) in [5, 5.41) is 9.00. The van der Waals surface area contributed by atoms with Crippen molar-refractivity contribution in [2.75, 3.05) is 6.61 Å². The van der Waals surface area contributed by atoms with Crippen molar-refractivity contribution < 1.29 is 19.4 Å². The third kappa shape index (κ3) is 9.27. The molecule has 0 bridgehead atoms. The Morgan fingerprint density at radius 2 is 1.48 bits per heavy atom. The van der Waals surface area contributed by atoms with Crippen molar-refractivity contribution >= 4 is 11.9 Å². The number of hydrogen-bond acceptors (Lipinski definition) is 3. The molecule has 0 spiro atoms. The Balaban J connectivity index is 2.11. The number of hydrogen-bond donors (Lipinski definition) is 1. The van der Waals surface area contributed by atoms with Crippen LogP contribution in [-0.4, -0.2) is 23.7 Å². The second-order valence-electron chi connectivity index (χ2n) is 7.70. The summed E-state index contributed by atoms with van der Waals surface area (Å²) < 4.78 is 5.43. The van der Waals surface area contributed by atoms with Gasteiger partial charge in [0.2, 0.25) is 0 Å². The number of ether oxygens (including phenoxy) is 1. The molecule has 1 aliphatic carbocycles. The van der Waals surface area contributed by atoms with Crippen LogP contribution in [0.15, 0.2) is 0 Å². The van der Waals surface area contributed by atoms with E-state index in [2.05, 4.69) is 13.8 Å². The summed E-state index contributed by atoms with van der Waals surface area (Å²) in [4.78, 5) is 23.0. The molecule has 1 unspecified atom stereocenters. The van der Waals surface area contributed by atoms with Crippen molar-refractivity contribution in [1.29, 1.82) is 0 Å². The summed E-state index contributed by atoms with van der Waals surface area (Å²) in [6, 6.07) is 0. The van der Waals surface area contributed by atoms with E-state index < -0.39 is 5.97 Å². The predicted molar refractivity (Wildman–Crippen MR) is 100 cm³/mol. The Labute approximate surface area is 153 Å². The molecule has 4 heteroatoms. The molecule has 0 heterocycles. The van der Waals surface area contributed by atoms with Crippen LogP contribution in [0.3, 0.4) is 0 Å². The average molecular weight is 355 g/mol. The molecule has 0 saturated heterocycles. The van der Waals surface area contributed by atoms with Crippen molar-refractivity contribution in [3.8, 4) is 0 Å². The summed E-state index contributed by atoms with van der Waals surface area (Å²) in [7, 11) is 0. The Kier molecular flexibility index (Phi) is 11.6. The average Bonchev–Trinajstić information content (AvgIpc) is 2.61. The maximum Gasteiger partial charge on any atom is 0.308 e. The van der Waals surface area contributed by atoms with Crippen molar-refractivity contribution in [3.05, 3.63) is 0 Å².